The van der Waals surface area contributed by atoms with Crippen LogP contribution in [0.3, 0.4) is 0 Å². The zero-order valence-electron chi connectivity index (χ0n) is 15.6. The maximum atomic E-state index is 12.2. The van der Waals surface area contributed by atoms with Crippen molar-refractivity contribution in [3.05, 3.63) is 33.9 Å². The minimum atomic E-state index is -0.384. The Balaban J connectivity index is 1.73. The summed E-state index contributed by atoms with van der Waals surface area (Å²) < 4.78 is 0. The molecule has 7 heteroatoms. The van der Waals surface area contributed by atoms with Crippen LogP contribution in [-0.4, -0.2) is 54.0 Å². The fourth-order valence-electron chi connectivity index (χ4n) is 4.02. The van der Waals surface area contributed by atoms with Crippen LogP contribution in [0.5, 0.6) is 0 Å². The molecule has 1 saturated heterocycles. The van der Waals surface area contributed by atoms with Crippen molar-refractivity contribution >= 4 is 17.3 Å². The van der Waals surface area contributed by atoms with Gasteiger partial charge in [-0.15, -0.1) is 0 Å². The number of nitrogens with zero attached hydrogens (tertiary/aromatic N) is 3. The zero-order chi connectivity index (χ0) is 18.7. The minimum Gasteiger partial charge on any atom is -0.363 e. The number of benzene rings is 1. The van der Waals surface area contributed by atoms with E-state index < -0.39 is 0 Å². The molecule has 1 aromatic rings. The summed E-state index contributed by atoms with van der Waals surface area (Å²) in [5.41, 5.74) is 0.955. The van der Waals surface area contributed by atoms with Crippen molar-refractivity contribution in [2.24, 2.45) is 0 Å². The van der Waals surface area contributed by atoms with Crippen molar-refractivity contribution in [2.75, 3.05) is 31.1 Å². The molecule has 0 atom stereocenters. The molecule has 2 aliphatic rings. The van der Waals surface area contributed by atoms with Gasteiger partial charge in [-0.25, -0.2) is 0 Å². The Morgan fingerprint density at radius 3 is 2.42 bits per heavy atom. The third kappa shape index (κ3) is 4.15. The van der Waals surface area contributed by atoms with Crippen molar-refractivity contribution in [1.82, 2.24) is 10.2 Å². The van der Waals surface area contributed by atoms with E-state index in [9.17, 15) is 14.9 Å². The highest BCUT2D eigenvalue weighted by Gasteiger charge is 2.29. The highest BCUT2D eigenvalue weighted by molar-refractivity contribution is 5.96. The van der Waals surface area contributed by atoms with Gasteiger partial charge in [0.2, 0.25) is 0 Å². The number of carbonyl (C=O) groups excluding carboxylic acids is 1. The monoisotopic (exact) mass is 360 g/mol. The van der Waals surface area contributed by atoms with E-state index >= 15 is 0 Å². The molecule has 0 aromatic heterocycles. The number of piperazine rings is 1. The third-order valence-corrected chi connectivity index (χ3v) is 5.35. The molecule has 7 nitrogen and oxygen atoms in total. The van der Waals surface area contributed by atoms with Gasteiger partial charge in [-0.1, -0.05) is 12.8 Å². The lowest BCUT2D eigenvalue weighted by atomic mass is 10.1. The first-order chi connectivity index (χ1) is 12.5. The Kier molecular flexibility index (Phi) is 5.76. The van der Waals surface area contributed by atoms with Gasteiger partial charge in [-0.2, -0.15) is 0 Å². The van der Waals surface area contributed by atoms with Crippen LogP contribution in [-0.2, 0) is 0 Å². The van der Waals surface area contributed by atoms with Gasteiger partial charge in [0, 0.05) is 49.9 Å². The Labute approximate surface area is 154 Å². The Morgan fingerprint density at radius 2 is 1.85 bits per heavy atom. The molecule has 142 valence electrons. The van der Waals surface area contributed by atoms with Crippen LogP contribution in [0.25, 0.3) is 0 Å². The van der Waals surface area contributed by atoms with Crippen LogP contribution in [0.15, 0.2) is 18.2 Å². The smallest absolute Gasteiger partial charge is 0.293 e. The third-order valence-electron chi connectivity index (χ3n) is 5.35. The van der Waals surface area contributed by atoms with Crippen LogP contribution < -0.4 is 10.2 Å². The first kappa shape index (κ1) is 18.6. The van der Waals surface area contributed by atoms with Gasteiger partial charge >= 0.3 is 0 Å². The largest absolute Gasteiger partial charge is 0.363 e. The van der Waals surface area contributed by atoms with E-state index in [1.54, 1.807) is 12.1 Å². The van der Waals surface area contributed by atoms with Crippen molar-refractivity contribution in [3.8, 4) is 0 Å². The van der Waals surface area contributed by atoms with Crippen molar-refractivity contribution in [2.45, 2.75) is 51.6 Å². The second-order valence-electron chi connectivity index (χ2n) is 7.55. The van der Waals surface area contributed by atoms with E-state index in [-0.39, 0.29) is 22.6 Å². The number of rotatable bonds is 5. The SMILES string of the molecule is CC(C)NC(=O)c1ccc(N2CCN(C3CCCC3)CC2)c([N+](=O)[O-])c1. The van der Waals surface area contributed by atoms with Crippen LogP contribution >= 0.6 is 0 Å². The molecule has 1 saturated carbocycles. The normalized spacial score (nSPS) is 19.1. The lowest BCUT2D eigenvalue weighted by Crippen LogP contribution is -2.49. The average molecular weight is 360 g/mol. The van der Waals surface area contributed by atoms with Crippen molar-refractivity contribution in [3.63, 3.8) is 0 Å². The second kappa shape index (κ2) is 8.03. The highest BCUT2D eigenvalue weighted by Crippen LogP contribution is 2.31. The maximum absolute atomic E-state index is 12.2. The van der Waals surface area contributed by atoms with Crippen LogP contribution in [0.4, 0.5) is 11.4 Å². The molecule has 1 heterocycles. The van der Waals surface area contributed by atoms with E-state index in [4.69, 9.17) is 0 Å². The zero-order valence-corrected chi connectivity index (χ0v) is 15.6. The van der Waals surface area contributed by atoms with E-state index in [0.29, 0.717) is 17.3 Å². The van der Waals surface area contributed by atoms with Gasteiger partial charge in [0.15, 0.2) is 0 Å². The van der Waals surface area contributed by atoms with E-state index in [0.717, 1.165) is 26.2 Å². The summed E-state index contributed by atoms with van der Waals surface area (Å²) in [4.78, 5) is 27.9. The number of nitro groups is 1. The van der Waals surface area contributed by atoms with Gasteiger partial charge in [-0.3, -0.25) is 19.8 Å². The van der Waals surface area contributed by atoms with E-state index in [1.165, 1.54) is 31.7 Å². The maximum Gasteiger partial charge on any atom is 0.293 e. The predicted octanol–water partition coefficient (Wildman–Crippen LogP) is 2.80. The summed E-state index contributed by atoms with van der Waals surface area (Å²) >= 11 is 0. The Hall–Kier alpha value is -2.15. The summed E-state index contributed by atoms with van der Waals surface area (Å²) in [5, 5.41) is 14.4. The summed E-state index contributed by atoms with van der Waals surface area (Å²) in [6.07, 6.45) is 5.19. The molecule has 0 unspecified atom stereocenters. The molecule has 1 aromatic carbocycles. The van der Waals surface area contributed by atoms with E-state index in [2.05, 4.69) is 15.1 Å². The summed E-state index contributed by atoms with van der Waals surface area (Å²) in [6.45, 7) is 7.19. The first-order valence-corrected chi connectivity index (χ1v) is 9.54. The molecular formula is C19H28N4O3. The van der Waals surface area contributed by atoms with Crippen LogP contribution in [0.2, 0.25) is 0 Å². The van der Waals surface area contributed by atoms with Gasteiger partial charge in [0.25, 0.3) is 11.6 Å². The number of nitrogens with one attached hydrogen (secondary N) is 1. The molecule has 0 spiro atoms. The van der Waals surface area contributed by atoms with Gasteiger partial charge in [0.1, 0.15) is 5.69 Å². The molecule has 1 aliphatic carbocycles. The number of nitro benzene ring substituents is 1. The highest BCUT2D eigenvalue weighted by atomic mass is 16.6. The lowest BCUT2D eigenvalue weighted by Gasteiger charge is -2.38. The summed E-state index contributed by atoms with van der Waals surface area (Å²) in [5.74, 6) is -0.277. The topological polar surface area (TPSA) is 78.7 Å². The Bertz CT molecular complexity index is 663. The van der Waals surface area contributed by atoms with Crippen LogP contribution in [0, 0.1) is 10.1 Å². The standard InChI is InChI=1S/C19H28N4O3/c1-14(2)20-19(24)15-7-8-17(18(13-15)23(25)26)22-11-9-21(10-12-22)16-5-3-4-6-16/h7-8,13-14,16H,3-6,9-12H2,1-2H3,(H,20,24). The Morgan fingerprint density at radius 1 is 1.19 bits per heavy atom. The van der Waals surface area contributed by atoms with Gasteiger partial charge in [0.05, 0.1) is 4.92 Å². The molecule has 0 bridgehead atoms. The molecule has 3 rings (SSSR count). The second-order valence-corrected chi connectivity index (χ2v) is 7.55. The number of amides is 1. The lowest BCUT2D eigenvalue weighted by molar-refractivity contribution is -0.384. The number of hydrogen-bond donors (Lipinski definition) is 1. The number of carbonyl (C=O) groups is 1. The molecule has 1 N–H and O–H groups in total. The predicted molar refractivity (Wildman–Crippen MR) is 102 cm³/mol. The van der Waals surface area contributed by atoms with Crippen LogP contribution in [0.1, 0.15) is 49.9 Å². The van der Waals surface area contributed by atoms with Gasteiger partial charge in [-0.05, 0) is 38.8 Å². The van der Waals surface area contributed by atoms with Gasteiger partial charge < -0.3 is 10.2 Å². The van der Waals surface area contributed by atoms with Crippen molar-refractivity contribution < 1.29 is 9.72 Å². The summed E-state index contributed by atoms with van der Waals surface area (Å²) in [7, 11) is 0. The number of anilines is 1. The molecule has 1 aliphatic heterocycles. The fraction of sp³-hybridized carbons (Fsp3) is 0.632. The molecule has 1 amide bonds. The summed E-state index contributed by atoms with van der Waals surface area (Å²) in [6, 6.07) is 5.48. The quantitative estimate of drug-likeness (QED) is 0.645. The molecule has 0 radical (unpaired) electrons. The minimum absolute atomic E-state index is 0.00935. The molecule has 26 heavy (non-hydrogen) atoms. The van der Waals surface area contributed by atoms with Crippen molar-refractivity contribution in [1.29, 1.82) is 0 Å². The average Bonchev–Trinajstić information content (AvgIpc) is 3.15. The fourth-order valence-corrected chi connectivity index (χ4v) is 4.02. The first-order valence-electron chi connectivity index (χ1n) is 9.54. The van der Waals surface area contributed by atoms with E-state index in [1.807, 2.05) is 13.8 Å². The molecular weight excluding hydrogens is 332 g/mol. The molecule has 2 fully saturated rings. The number of hydrogen-bond acceptors (Lipinski definition) is 5.